The molecule has 2 bridgehead atoms. The average molecular weight is 714 g/mol. The van der Waals surface area contributed by atoms with Gasteiger partial charge >= 0.3 is 11.8 Å². The molecule has 0 radical (unpaired) electrons. The van der Waals surface area contributed by atoms with Crippen LogP contribution >= 0.6 is 0 Å². The van der Waals surface area contributed by atoms with Crippen molar-refractivity contribution in [3.05, 3.63) is 131 Å². The van der Waals surface area contributed by atoms with Crippen LogP contribution in [0.25, 0.3) is 16.8 Å². The second-order valence-electron chi connectivity index (χ2n) is 12.5. The maximum atomic E-state index is 14.6. The van der Waals surface area contributed by atoms with Gasteiger partial charge in [-0.1, -0.05) is 72.8 Å². The predicted molar refractivity (Wildman–Crippen MR) is 198 cm³/mol. The SMILES string of the molecule is CNC(=O)C(=O)Nc1ccc(-c2c3nc4c(cnn4c2N(Cc2ccccc2)Cc2ccccc2)C(=O)NC[C@H](C)Oc2ncc(F)cc2CN3)cc1. The number of carbonyl (C=O) groups excluding carboxylic acids is 3. The van der Waals surface area contributed by atoms with Crippen LogP contribution in [-0.2, 0) is 29.2 Å². The third kappa shape index (κ3) is 7.61. The molecule has 268 valence electrons. The van der Waals surface area contributed by atoms with E-state index >= 15 is 0 Å². The number of aromatic nitrogens is 4. The van der Waals surface area contributed by atoms with Crippen molar-refractivity contribution in [2.75, 3.05) is 29.1 Å². The highest BCUT2D eigenvalue weighted by Crippen LogP contribution is 2.40. The van der Waals surface area contributed by atoms with Crippen LogP contribution in [0.2, 0.25) is 0 Å². The van der Waals surface area contributed by atoms with E-state index in [1.807, 2.05) is 60.7 Å². The zero-order valence-corrected chi connectivity index (χ0v) is 29.0. The summed E-state index contributed by atoms with van der Waals surface area (Å²) in [5, 5.41) is 16.0. The van der Waals surface area contributed by atoms with Gasteiger partial charge in [0.1, 0.15) is 29.1 Å². The van der Waals surface area contributed by atoms with E-state index in [0.717, 1.165) is 17.3 Å². The number of fused-ring (bicyclic) bond motifs is 2. The zero-order chi connectivity index (χ0) is 36.9. The van der Waals surface area contributed by atoms with Crippen LogP contribution in [0, 0.1) is 5.82 Å². The normalized spacial score (nSPS) is 14.0. The zero-order valence-electron chi connectivity index (χ0n) is 29.0. The molecule has 3 aromatic heterocycles. The van der Waals surface area contributed by atoms with E-state index in [-0.39, 0.29) is 24.5 Å². The molecule has 1 aliphatic rings. The van der Waals surface area contributed by atoms with Gasteiger partial charge in [0.15, 0.2) is 5.65 Å². The Morgan fingerprint density at radius 1 is 0.943 bits per heavy atom. The second-order valence-corrected chi connectivity index (χ2v) is 12.5. The first-order valence-electron chi connectivity index (χ1n) is 17.0. The van der Waals surface area contributed by atoms with Crippen LogP contribution in [0.15, 0.2) is 103 Å². The summed E-state index contributed by atoms with van der Waals surface area (Å²) < 4.78 is 22.3. The number of hydrogen-bond donors (Lipinski definition) is 4. The lowest BCUT2D eigenvalue weighted by Gasteiger charge is -2.29. The molecule has 1 aliphatic heterocycles. The van der Waals surface area contributed by atoms with E-state index in [0.29, 0.717) is 52.8 Å². The summed E-state index contributed by atoms with van der Waals surface area (Å²) in [5.74, 6) is -1.31. The smallest absolute Gasteiger partial charge is 0.313 e. The Bertz CT molecular complexity index is 2240. The fourth-order valence-corrected chi connectivity index (χ4v) is 6.10. The molecule has 0 fully saturated rings. The van der Waals surface area contributed by atoms with Gasteiger partial charge in [-0.2, -0.15) is 9.61 Å². The molecule has 1 atom stereocenters. The monoisotopic (exact) mass is 713 g/mol. The van der Waals surface area contributed by atoms with Crippen molar-refractivity contribution in [1.82, 2.24) is 30.2 Å². The van der Waals surface area contributed by atoms with Gasteiger partial charge in [-0.3, -0.25) is 14.4 Å². The number of benzene rings is 3. The van der Waals surface area contributed by atoms with E-state index < -0.39 is 29.6 Å². The van der Waals surface area contributed by atoms with Gasteiger partial charge < -0.3 is 30.9 Å². The topological polar surface area (TPSA) is 155 Å². The van der Waals surface area contributed by atoms with E-state index in [9.17, 15) is 18.8 Å². The van der Waals surface area contributed by atoms with Crippen molar-refractivity contribution in [3.63, 3.8) is 0 Å². The first-order valence-corrected chi connectivity index (χ1v) is 17.0. The quantitative estimate of drug-likeness (QED) is 0.168. The Labute approximate surface area is 304 Å². The number of likely N-dealkylation sites (N-methyl/N-ethyl adjacent to an activating group) is 1. The molecular formula is C39H36FN9O4. The lowest BCUT2D eigenvalue weighted by molar-refractivity contribution is -0.135. The summed E-state index contributed by atoms with van der Waals surface area (Å²) in [5.41, 5.74) is 4.74. The van der Waals surface area contributed by atoms with E-state index in [1.165, 1.54) is 19.3 Å². The lowest BCUT2D eigenvalue weighted by atomic mass is 10.0. The molecule has 14 heteroatoms. The average Bonchev–Trinajstić information content (AvgIpc) is 3.60. The maximum absolute atomic E-state index is 14.6. The number of anilines is 3. The highest BCUT2D eigenvalue weighted by atomic mass is 19.1. The molecule has 0 spiro atoms. The highest BCUT2D eigenvalue weighted by molar-refractivity contribution is 6.39. The Morgan fingerprint density at radius 2 is 1.62 bits per heavy atom. The predicted octanol–water partition coefficient (Wildman–Crippen LogP) is 4.94. The molecule has 4 heterocycles. The van der Waals surface area contributed by atoms with Crippen LogP contribution in [0.3, 0.4) is 0 Å². The Morgan fingerprint density at radius 3 is 2.28 bits per heavy atom. The van der Waals surface area contributed by atoms with Gasteiger partial charge in [0.2, 0.25) is 5.88 Å². The van der Waals surface area contributed by atoms with Gasteiger partial charge in [-0.25, -0.2) is 14.4 Å². The van der Waals surface area contributed by atoms with E-state index in [2.05, 4.69) is 31.2 Å². The first kappa shape index (κ1) is 34.6. The number of amides is 3. The van der Waals surface area contributed by atoms with Crippen molar-refractivity contribution in [3.8, 4) is 17.0 Å². The van der Waals surface area contributed by atoms with Gasteiger partial charge in [-0.05, 0) is 41.8 Å². The largest absolute Gasteiger partial charge is 0.473 e. The summed E-state index contributed by atoms with van der Waals surface area (Å²) in [6.07, 6.45) is 2.09. The van der Waals surface area contributed by atoms with E-state index in [4.69, 9.17) is 14.8 Å². The highest BCUT2D eigenvalue weighted by Gasteiger charge is 2.28. The van der Waals surface area contributed by atoms with Gasteiger partial charge in [0.05, 0.1) is 24.5 Å². The Kier molecular flexibility index (Phi) is 9.92. The summed E-state index contributed by atoms with van der Waals surface area (Å²) in [6, 6.07) is 28.3. The molecule has 0 unspecified atom stereocenters. The molecule has 13 nitrogen and oxygen atoms in total. The Hall–Kier alpha value is -6.83. The van der Waals surface area contributed by atoms with E-state index in [1.54, 1.807) is 35.7 Å². The molecule has 6 aromatic rings. The van der Waals surface area contributed by atoms with Gasteiger partial charge in [0.25, 0.3) is 5.91 Å². The minimum atomic E-state index is -0.806. The van der Waals surface area contributed by atoms with Crippen molar-refractivity contribution in [2.45, 2.75) is 32.7 Å². The number of nitrogens with zero attached hydrogens (tertiary/aromatic N) is 5. The summed E-state index contributed by atoms with van der Waals surface area (Å²) >= 11 is 0. The number of carbonyl (C=O) groups is 3. The van der Waals surface area contributed by atoms with Crippen LogP contribution in [0.1, 0.15) is 34.0 Å². The second kappa shape index (κ2) is 15.2. The third-order valence-electron chi connectivity index (χ3n) is 8.67. The number of ether oxygens (including phenoxy) is 1. The lowest BCUT2D eigenvalue weighted by Crippen LogP contribution is -2.34. The van der Waals surface area contributed by atoms with Gasteiger partial charge in [-0.15, -0.1) is 0 Å². The van der Waals surface area contributed by atoms with Crippen molar-refractivity contribution >= 4 is 40.7 Å². The summed E-state index contributed by atoms with van der Waals surface area (Å²) in [7, 11) is 1.38. The molecule has 4 N–H and O–H groups in total. The molecule has 3 aromatic carbocycles. The standard InChI is InChI=1S/C39H36FN9O4/c1-24-18-43-35(50)31-21-45-49-34(31)47-33(42-19-28-17-29(40)20-44-38(28)53-24)32(27-13-15-30(16-14-27)46-37(52)36(51)41-2)39(49)48(22-25-9-5-3-6-10-25)23-26-11-7-4-8-12-26/h3-17,20-21,24H,18-19,22-23H2,1-2H3,(H,41,51)(H,42,47)(H,43,50)(H,46,52)/t24-/m0/s1. The fraction of sp³-hybridized carbons (Fsp3) is 0.179. The summed E-state index contributed by atoms with van der Waals surface area (Å²) in [6.45, 7) is 2.91. The minimum Gasteiger partial charge on any atom is -0.473 e. The van der Waals surface area contributed by atoms with Crippen molar-refractivity contribution in [2.24, 2.45) is 0 Å². The maximum Gasteiger partial charge on any atom is 0.313 e. The summed E-state index contributed by atoms with van der Waals surface area (Å²) in [4.78, 5) is 49.4. The van der Waals surface area contributed by atoms with Crippen LogP contribution < -0.4 is 30.9 Å². The number of halogens is 1. The molecule has 3 amide bonds. The first-order chi connectivity index (χ1) is 25.8. The van der Waals surface area contributed by atoms with Crippen LogP contribution in [-0.4, -0.2) is 57.0 Å². The molecular weight excluding hydrogens is 677 g/mol. The van der Waals surface area contributed by atoms with Gasteiger partial charge in [0, 0.05) is 37.9 Å². The number of pyridine rings is 1. The van der Waals surface area contributed by atoms with Crippen molar-refractivity contribution in [1.29, 1.82) is 0 Å². The molecule has 0 saturated heterocycles. The van der Waals surface area contributed by atoms with Crippen LogP contribution in [0.5, 0.6) is 5.88 Å². The molecule has 7 rings (SSSR count). The minimum absolute atomic E-state index is 0.0743. The molecule has 0 saturated carbocycles. The van der Waals surface area contributed by atoms with Crippen molar-refractivity contribution < 1.29 is 23.5 Å². The fourth-order valence-electron chi connectivity index (χ4n) is 6.10. The number of rotatable bonds is 7. The Balaban J connectivity index is 1.46. The number of hydrogen-bond acceptors (Lipinski definition) is 9. The molecule has 0 aliphatic carbocycles. The molecule has 53 heavy (non-hydrogen) atoms. The van der Waals surface area contributed by atoms with Crippen LogP contribution in [0.4, 0.5) is 21.7 Å². The number of nitrogens with one attached hydrogen (secondary N) is 4. The third-order valence-corrected chi connectivity index (χ3v) is 8.67.